The predicted octanol–water partition coefficient (Wildman–Crippen LogP) is 3.83. The third-order valence-corrected chi connectivity index (χ3v) is 6.19. The van der Waals surface area contributed by atoms with Gasteiger partial charge in [0, 0.05) is 16.1 Å². The molecule has 1 unspecified atom stereocenters. The van der Waals surface area contributed by atoms with Crippen LogP contribution in [-0.4, -0.2) is 24.5 Å². The smallest absolute Gasteiger partial charge is 0.311 e. The van der Waals surface area contributed by atoms with Gasteiger partial charge in [-0.3, -0.25) is 9.52 Å². The van der Waals surface area contributed by atoms with E-state index in [9.17, 15) is 13.2 Å². The molecule has 1 aromatic carbocycles. The van der Waals surface area contributed by atoms with Gasteiger partial charge in [-0.2, -0.15) is 0 Å². The van der Waals surface area contributed by atoms with Crippen LogP contribution in [0.2, 0.25) is 10.0 Å². The zero-order chi connectivity index (χ0) is 17.2. The molecule has 10 heteroatoms. The van der Waals surface area contributed by atoms with Crippen LogP contribution in [0.4, 0.5) is 5.13 Å². The number of halogens is 2. The fourth-order valence-electron chi connectivity index (χ4n) is 1.86. The number of thiazole rings is 1. The Bertz CT molecular complexity index is 836. The van der Waals surface area contributed by atoms with Crippen molar-refractivity contribution >= 4 is 55.7 Å². The Morgan fingerprint density at radius 1 is 1.43 bits per heavy atom. The van der Waals surface area contributed by atoms with Crippen molar-refractivity contribution < 1.29 is 18.3 Å². The molecule has 6 nitrogen and oxygen atoms in total. The number of hydrogen-bond donors (Lipinski definition) is 2. The van der Waals surface area contributed by atoms with Crippen molar-refractivity contribution in [3.8, 4) is 0 Å². The zero-order valence-electron chi connectivity index (χ0n) is 11.8. The SMILES string of the molecule is CCC(C(=O)O)c1cnc(NS(=O)(=O)c2ccc(Cl)cc2Cl)s1. The number of nitrogens with zero attached hydrogens (tertiary/aromatic N) is 1. The van der Waals surface area contributed by atoms with Crippen molar-refractivity contribution in [2.24, 2.45) is 0 Å². The van der Waals surface area contributed by atoms with E-state index in [-0.39, 0.29) is 15.0 Å². The molecule has 1 aromatic heterocycles. The number of carbonyl (C=O) groups is 1. The quantitative estimate of drug-likeness (QED) is 0.775. The van der Waals surface area contributed by atoms with Crippen molar-refractivity contribution in [3.63, 3.8) is 0 Å². The van der Waals surface area contributed by atoms with Crippen molar-refractivity contribution in [1.82, 2.24) is 4.98 Å². The summed E-state index contributed by atoms with van der Waals surface area (Å²) in [6.45, 7) is 1.73. The molecule has 2 aromatic rings. The number of anilines is 1. The number of benzene rings is 1. The second kappa shape index (κ2) is 7.04. The van der Waals surface area contributed by atoms with E-state index in [4.69, 9.17) is 28.3 Å². The van der Waals surface area contributed by atoms with E-state index in [1.165, 1.54) is 24.4 Å². The highest BCUT2D eigenvalue weighted by atomic mass is 35.5. The van der Waals surface area contributed by atoms with E-state index in [1.54, 1.807) is 6.92 Å². The first-order valence-electron chi connectivity index (χ1n) is 6.41. The molecule has 2 rings (SSSR count). The van der Waals surface area contributed by atoms with Gasteiger partial charge in [0.25, 0.3) is 10.0 Å². The molecule has 1 heterocycles. The minimum absolute atomic E-state index is 0.0150. The Morgan fingerprint density at radius 3 is 2.70 bits per heavy atom. The largest absolute Gasteiger partial charge is 0.481 e. The van der Waals surface area contributed by atoms with E-state index in [0.29, 0.717) is 16.3 Å². The minimum Gasteiger partial charge on any atom is -0.481 e. The van der Waals surface area contributed by atoms with Crippen LogP contribution >= 0.6 is 34.5 Å². The number of carboxylic acids is 1. The number of sulfonamides is 1. The summed E-state index contributed by atoms with van der Waals surface area (Å²) in [5, 5.41) is 9.50. The summed E-state index contributed by atoms with van der Waals surface area (Å²) in [6, 6.07) is 4.02. The van der Waals surface area contributed by atoms with Gasteiger partial charge in [-0.05, 0) is 24.6 Å². The molecule has 0 aliphatic rings. The van der Waals surface area contributed by atoms with Gasteiger partial charge in [-0.15, -0.1) is 11.3 Å². The third kappa shape index (κ3) is 4.14. The monoisotopic (exact) mass is 394 g/mol. The topological polar surface area (TPSA) is 96.4 Å². The molecule has 0 radical (unpaired) electrons. The summed E-state index contributed by atoms with van der Waals surface area (Å²) in [5.74, 6) is -1.70. The van der Waals surface area contributed by atoms with Crippen LogP contribution in [0.5, 0.6) is 0 Å². The summed E-state index contributed by atoms with van der Waals surface area (Å²) in [4.78, 5) is 15.4. The van der Waals surface area contributed by atoms with Crippen LogP contribution in [0.1, 0.15) is 24.1 Å². The molecule has 2 N–H and O–H groups in total. The van der Waals surface area contributed by atoms with Gasteiger partial charge in [-0.25, -0.2) is 13.4 Å². The molecule has 124 valence electrons. The maximum Gasteiger partial charge on any atom is 0.311 e. The highest BCUT2D eigenvalue weighted by molar-refractivity contribution is 7.93. The minimum atomic E-state index is -3.94. The Morgan fingerprint density at radius 2 is 2.13 bits per heavy atom. The Balaban J connectivity index is 2.28. The van der Waals surface area contributed by atoms with Crippen LogP contribution in [0.15, 0.2) is 29.3 Å². The van der Waals surface area contributed by atoms with E-state index < -0.39 is 21.9 Å². The molecular weight excluding hydrogens is 383 g/mol. The number of nitrogens with one attached hydrogen (secondary N) is 1. The van der Waals surface area contributed by atoms with Gasteiger partial charge in [0.2, 0.25) is 0 Å². The van der Waals surface area contributed by atoms with Crippen LogP contribution in [0, 0.1) is 0 Å². The highest BCUT2D eigenvalue weighted by Gasteiger charge is 2.23. The van der Waals surface area contributed by atoms with E-state index in [0.717, 1.165) is 11.3 Å². The molecule has 0 aliphatic carbocycles. The lowest BCUT2D eigenvalue weighted by molar-refractivity contribution is -0.138. The summed E-state index contributed by atoms with van der Waals surface area (Å²) < 4.78 is 26.9. The van der Waals surface area contributed by atoms with Crippen molar-refractivity contribution in [2.75, 3.05) is 4.72 Å². The normalized spacial score (nSPS) is 12.8. The fraction of sp³-hybridized carbons (Fsp3) is 0.231. The van der Waals surface area contributed by atoms with E-state index >= 15 is 0 Å². The highest BCUT2D eigenvalue weighted by Crippen LogP contribution is 2.31. The van der Waals surface area contributed by atoms with Gasteiger partial charge < -0.3 is 5.11 Å². The third-order valence-electron chi connectivity index (χ3n) is 2.98. The molecular formula is C13H12Cl2N2O4S2. The summed E-state index contributed by atoms with van der Waals surface area (Å²) in [6.07, 6.45) is 1.74. The standard InChI is InChI=1S/C13H12Cl2N2O4S2/c1-2-8(12(18)19)10-6-16-13(22-10)17-23(20,21)11-4-3-7(14)5-9(11)15/h3-6,8H,2H2,1H3,(H,16,17)(H,18,19). The molecule has 0 bridgehead atoms. The average Bonchev–Trinajstić information content (AvgIpc) is 2.85. The molecule has 1 atom stereocenters. The molecule has 0 amide bonds. The van der Waals surface area contributed by atoms with Gasteiger partial charge in [0.1, 0.15) is 4.90 Å². The van der Waals surface area contributed by atoms with Crippen molar-refractivity contribution in [2.45, 2.75) is 24.2 Å². The summed E-state index contributed by atoms with van der Waals surface area (Å²) in [5.41, 5.74) is 0. The molecule has 23 heavy (non-hydrogen) atoms. The maximum atomic E-state index is 12.3. The summed E-state index contributed by atoms with van der Waals surface area (Å²) >= 11 is 12.6. The number of rotatable bonds is 6. The lowest BCUT2D eigenvalue weighted by atomic mass is 10.1. The van der Waals surface area contributed by atoms with Crippen LogP contribution in [-0.2, 0) is 14.8 Å². The molecule has 0 saturated carbocycles. The Hall–Kier alpha value is -1.35. The molecule has 0 spiro atoms. The van der Waals surface area contributed by atoms with Gasteiger partial charge in [-0.1, -0.05) is 30.1 Å². The van der Waals surface area contributed by atoms with E-state index in [1.807, 2.05) is 0 Å². The molecule has 0 saturated heterocycles. The van der Waals surface area contributed by atoms with Gasteiger partial charge in [0.05, 0.1) is 10.9 Å². The van der Waals surface area contributed by atoms with Gasteiger partial charge >= 0.3 is 5.97 Å². The fourth-order valence-corrected chi connectivity index (χ4v) is 4.86. The Kier molecular flexibility index (Phi) is 5.51. The van der Waals surface area contributed by atoms with Crippen molar-refractivity contribution in [1.29, 1.82) is 0 Å². The zero-order valence-corrected chi connectivity index (χ0v) is 14.9. The lowest BCUT2D eigenvalue weighted by Gasteiger charge is -2.07. The predicted molar refractivity (Wildman–Crippen MR) is 90.1 cm³/mol. The summed E-state index contributed by atoms with van der Waals surface area (Å²) in [7, 11) is -3.94. The second-order valence-electron chi connectivity index (χ2n) is 4.55. The first-order valence-corrected chi connectivity index (χ1v) is 9.46. The van der Waals surface area contributed by atoms with Gasteiger partial charge in [0.15, 0.2) is 5.13 Å². The maximum absolute atomic E-state index is 12.3. The number of aliphatic carboxylic acids is 1. The van der Waals surface area contributed by atoms with Crippen molar-refractivity contribution in [3.05, 3.63) is 39.3 Å². The number of aromatic nitrogens is 1. The first kappa shape index (κ1) is 18.0. The number of hydrogen-bond acceptors (Lipinski definition) is 5. The second-order valence-corrected chi connectivity index (χ2v) is 8.10. The average molecular weight is 395 g/mol. The first-order chi connectivity index (χ1) is 10.7. The van der Waals surface area contributed by atoms with Crippen LogP contribution in [0.3, 0.4) is 0 Å². The number of carboxylic acid groups (broad SMARTS) is 1. The lowest BCUT2D eigenvalue weighted by Crippen LogP contribution is -2.13. The van der Waals surface area contributed by atoms with Crippen LogP contribution < -0.4 is 4.72 Å². The molecule has 0 aliphatic heterocycles. The van der Waals surface area contributed by atoms with E-state index in [2.05, 4.69) is 9.71 Å². The van der Waals surface area contributed by atoms with Crippen LogP contribution in [0.25, 0.3) is 0 Å². The molecule has 0 fully saturated rings. The Labute approximate surface area is 147 Å².